The first-order valence-electron chi connectivity index (χ1n) is 26.7. The average molecular weight is 1140 g/mol. The summed E-state index contributed by atoms with van der Waals surface area (Å²) in [5.74, 6) is -10.9. The lowest BCUT2D eigenvalue weighted by Crippen LogP contribution is -2.59. The van der Waals surface area contributed by atoms with Crippen LogP contribution < -0.4 is 36.8 Å². The Morgan fingerprint density at radius 2 is 1.35 bits per heavy atom. The Labute approximate surface area is 465 Å². The fourth-order valence-corrected chi connectivity index (χ4v) is 10.3. The highest BCUT2D eigenvalue weighted by Crippen LogP contribution is 2.39. The van der Waals surface area contributed by atoms with Gasteiger partial charge in [-0.05, 0) is 53.9 Å². The number of carboxylic acids is 4. The number of aliphatic hydroxyl groups excluding tert-OH is 1. The molecule has 0 aromatic heterocycles. The Hall–Kier alpha value is -8.08. The highest BCUT2D eigenvalue weighted by Gasteiger charge is 2.46. The van der Waals surface area contributed by atoms with Crippen LogP contribution in [0, 0.1) is 5.92 Å². The predicted molar refractivity (Wildman–Crippen MR) is 282 cm³/mol. The minimum Gasteiger partial charge on any atom is -0.481 e. The highest BCUT2D eigenvalue weighted by atomic mass is 16.6. The fourth-order valence-electron chi connectivity index (χ4n) is 10.3. The van der Waals surface area contributed by atoms with Gasteiger partial charge in [-0.25, -0.2) is 0 Å². The molecule has 4 heterocycles. The highest BCUT2D eigenvalue weighted by molar-refractivity contribution is 6.08. The van der Waals surface area contributed by atoms with Crippen molar-refractivity contribution in [3.05, 3.63) is 64.7 Å². The number of carbonyl (C=O) groups excluding carboxylic acids is 8. The standard InChI is InChI=1S/C53H70N10O18/c1-3-29(2)47(51(78)57-36-12-11-32-5-4-6-33-21-38(63(48(32)33)52(36)79)50(77)58-37-22-46(75)81-53(37)80)59-41(66)24-54-40(65)23-55-49(76)35(13-14-42(67)68)56-39(64)20-31-9-7-30(8-10-31)19-34-25-61(27-44(71)72)16-15-60(26-43(69)70)17-18-62(34)28-45(73)74/h4-10,29,34-38,47,53,80H,3,11-28H2,1-2H3,(H,54,65)(H,55,76)(H,56,64)(H,57,78)(H,58,77)(H,59,66)(H,67,68)(H,69,70)(H,71,72)(H,73,74)/t29-,34?,35?,36-,37?,38-,47-,53?/m0/s1. The molecule has 440 valence electrons. The molecule has 4 unspecified atom stereocenters. The maximum atomic E-state index is 14.3. The van der Waals surface area contributed by atoms with E-state index < -0.39 is 139 Å². The number of carbonyl (C=O) groups is 12. The lowest BCUT2D eigenvalue weighted by molar-refractivity contribution is -0.155. The number of aryl methyl sites for hydroxylation is 1. The first-order valence-corrected chi connectivity index (χ1v) is 26.7. The normalized spacial score (nSPS) is 21.5. The van der Waals surface area contributed by atoms with Gasteiger partial charge in [-0.3, -0.25) is 77.1 Å². The first-order chi connectivity index (χ1) is 38.5. The largest absolute Gasteiger partial charge is 0.481 e. The maximum absolute atomic E-state index is 14.3. The molecular formula is C53H70N10O18. The predicted octanol–water partition coefficient (Wildman–Crippen LogP) is -3.43. The summed E-state index contributed by atoms with van der Waals surface area (Å²) in [4.78, 5) is 159. The van der Waals surface area contributed by atoms with Crippen molar-refractivity contribution in [2.24, 2.45) is 5.92 Å². The number of aliphatic carboxylic acids is 4. The molecule has 8 atom stereocenters. The van der Waals surface area contributed by atoms with Crippen molar-refractivity contribution in [3.63, 3.8) is 0 Å². The van der Waals surface area contributed by atoms with Gasteiger partial charge in [0.2, 0.25) is 47.6 Å². The second kappa shape index (κ2) is 28.9. The number of esters is 1. The molecule has 6 rings (SSSR count). The minimum atomic E-state index is -1.56. The molecule has 0 radical (unpaired) electrons. The van der Waals surface area contributed by atoms with Crippen LogP contribution in [0.25, 0.3) is 0 Å². The molecule has 2 aromatic rings. The van der Waals surface area contributed by atoms with Gasteiger partial charge in [0.15, 0.2) is 0 Å². The Kier molecular flexibility index (Phi) is 22.1. The SMILES string of the molecule is CC[C@H](C)[C@H](NC(=O)CNC(=O)CNC(=O)C(CCC(=O)O)NC(=O)Cc1ccc(CC2CN(CC(=O)O)CCN(CC(=O)O)CCN2CC(=O)O)cc1)C(=O)N[C@H]1CCc2cccc3c2N(C1=O)[C@H](C(=O)NC1CC(=O)OC1O)C3. The molecule has 0 spiro atoms. The molecule has 7 amide bonds. The Balaban J connectivity index is 1.00. The first kappa shape index (κ1) is 62.1. The number of para-hydroxylation sites is 1. The summed E-state index contributed by atoms with van der Waals surface area (Å²) < 4.78 is 4.75. The number of nitrogens with zero attached hydrogens (tertiary/aromatic N) is 4. The van der Waals surface area contributed by atoms with Crippen LogP contribution in [0.15, 0.2) is 42.5 Å². The van der Waals surface area contributed by atoms with Gasteiger partial charge in [0.05, 0.1) is 51.3 Å². The zero-order valence-corrected chi connectivity index (χ0v) is 44.9. The molecule has 0 aliphatic carbocycles. The molecule has 2 fully saturated rings. The van der Waals surface area contributed by atoms with Gasteiger partial charge >= 0.3 is 29.8 Å². The molecule has 11 N–H and O–H groups in total. The van der Waals surface area contributed by atoms with Crippen molar-refractivity contribution in [3.8, 4) is 0 Å². The van der Waals surface area contributed by atoms with Crippen molar-refractivity contribution in [1.82, 2.24) is 46.6 Å². The monoisotopic (exact) mass is 1130 g/mol. The van der Waals surface area contributed by atoms with E-state index in [9.17, 15) is 83.1 Å². The van der Waals surface area contributed by atoms with Crippen LogP contribution in [0.4, 0.5) is 5.69 Å². The lowest BCUT2D eigenvalue weighted by Gasteiger charge is -2.33. The van der Waals surface area contributed by atoms with Gasteiger partial charge in [0.25, 0.3) is 0 Å². The number of amides is 7. The molecule has 81 heavy (non-hydrogen) atoms. The van der Waals surface area contributed by atoms with Crippen LogP contribution in [0.5, 0.6) is 0 Å². The van der Waals surface area contributed by atoms with Crippen molar-refractivity contribution in [1.29, 1.82) is 0 Å². The lowest BCUT2D eigenvalue weighted by atomic mass is 9.97. The molecule has 4 aliphatic rings. The smallest absolute Gasteiger partial charge is 0.317 e. The van der Waals surface area contributed by atoms with Gasteiger partial charge in [-0.1, -0.05) is 62.7 Å². The molecule has 0 saturated carbocycles. The van der Waals surface area contributed by atoms with E-state index in [1.165, 1.54) is 4.90 Å². The Bertz CT molecular complexity index is 2710. The van der Waals surface area contributed by atoms with E-state index in [-0.39, 0.29) is 90.9 Å². The Morgan fingerprint density at radius 3 is 2.00 bits per heavy atom. The van der Waals surface area contributed by atoms with Gasteiger partial charge < -0.3 is 62.2 Å². The topological polar surface area (TPSA) is 400 Å². The van der Waals surface area contributed by atoms with Crippen LogP contribution in [0.1, 0.15) is 68.2 Å². The summed E-state index contributed by atoms with van der Waals surface area (Å²) in [6, 6.07) is 5.73. The summed E-state index contributed by atoms with van der Waals surface area (Å²) in [6.07, 6.45) is -1.67. The van der Waals surface area contributed by atoms with Gasteiger partial charge in [0.1, 0.15) is 30.2 Å². The van der Waals surface area contributed by atoms with Crippen LogP contribution in [0.3, 0.4) is 0 Å². The number of benzene rings is 2. The molecule has 28 nitrogen and oxygen atoms in total. The number of cyclic esters (lactones) is 1. The second-order valence-electron chi connectivity index (χ2n) is 20.6. The van der Waals surface area contributed by atoms with E-state index in [1.807, 2.05) is 6.07 Å². The number of ether oxygens (including phenoxy) is 1. The minimum absolute atomic E-state index is 0.131. The quantitative estimate of drug-likeness (QED) is 0.0408. The summed E-state index contributed by atoms with van der Waals surface area (Å²) >= 11 is 0. The summed E-state index contributed by atoms with van der Waals surface area (Å²) in [7, 11) is 0. The molecule has 2 saturated heterocycles. The van der Waals surface area contributed by atoms with Gasteiger partial charge in [-0.15, -0.1) is 0 Å². The number of hydrogen-bond acceptors (Lipinski definition) is 17. The zero-order chi connectivity index (χ0) is 59.1. The third-order valence-electron chi connectivity index (χ3n) is 14.7. The maximum Gasteiger partial charge on any atom is 0.317 e. The van der Waals surface area contributed by atoms with E-state index >= 15 is 0 Å². The second-order valence-corrected chi connectivity index (χ2v) is 20.6. The number of hydrogen-bond donors (Lipinski definition) is 11. The zero-order valence-electron chi connectivity index (χ0n) is 44.9. The summed E-state index contributed by atoms with van der Waals surface area (Å²) in [6.45, 7) is 2.13. The van der Waals surface area contributed by atoms with Crippen molar-refractivity contribution < 1.29 is 87.8 Å². The third kappa shape index (κ3) is 18.0. The average Bonchev–Trinajstić information content (AvgIpc) is 4.15. The number of aliphatic hydroxyl groups is 1. The molecule has 2 aromatic carbocycles. The van der Waals surface area contributed by atoms with Crippen molar-refractivity contribution >= 4 is 76.9 Å². The number of anilines is 1. The van der Waals surface area contributed by atoms with Crippen LogP contribution in [0.2, 0.25) is 0 Å². The number of carboxylic acid groups (broad SMARTS) is 4. The van der Waals surface area contributed by atoms with Crippen LogP contribution in [-0.2, 0) is 88.0 Å². The third-order valence-corrected chi connectivity index (χ3v) is 14.7. The summed E-state index contributed by atoms with van der Waals surface area (Å²) in [5, 5.41) is 63.4. The van der Waals surface area contributed by atoms with E-state index in [2.05, 4.69) is 31.9 Å². The van der Waals surface area contributed by atoms with E-state index in [4.69, 9.17) is 4.74 Å². The van der Waals surface area contributed by atoms with E-state index in [0.29, 0.717) is 29.7 Å². The molecule has 0 bridgehead atoms. The molecule has 28 heteroatoms. The van der Waals surface area contributed by atoms with Crippen molar-refractivity contribution in [2.75, 3.05) is 70.3 Å². The molecular weight excluding hydrogens is 1060 g/mol. The van der Waals surface area contributed by atoms with Crippen LogP contribution >= 0.6 is 0 Å². The summed E-state index contributed by atoms with van der Waals surface area (Å²) in [5.41, 5.74) is 3.22. The fraction of sp³-hybridized carbons (Fsp3) is 0.547. The Morgan fingerprint density at radius 1 is 0.704 bits per heavy atom. The number of nitrogens with one attached hydrogen (secondary N) is 6. The van der Waals surface area contributed by atoms with E-state index in [0.717, 1.165) is 11.1 Å². The van der Waals surface area contributed by atoms with Gasteiger partial charge in [-0.2, -0.15) is 0 Å². The van der Waals surface area contributed by atoms with Crippen molar-refractivity contribution in [2.45, 2.75) is 114 Å². The van der Waals surface area contributed by atoms with Gasteiger partial charge in [0, 0.05) is 51.6 Å². The molecule has 4 aliphatic heterocycles. The number of rotatable bonds is 26. The van der Waals surface area contributed by atoms with Crippen LogP contribution in [-0.4, -0.2) is 219 Å². The van der Waals surface area contributed by atoms with E-state index in [1.54, 1.807) is 64.9 Å².